The second-order valence-corrected chi connectivity index (χ2v) is 6.32. The van der Waals surface area contributed by atoms with Crippen molar-refractivity contribution in [2.75, 3.05) is 7.11 Å². The summed E-state index contributed by atoms with van der Waals surface area (Å²) in [6, 6.07) is 5.77. The highest BCUT2D eigenvalue weighted by atomic mass is 19.4. The van der Waals surface area contributed by atoms with Gasteiger partial charge in [-0.1, -0.05) is 18.9 Å². The number of carbonyl (C=O) groups is 1. The van der Waals surface area contributed by atoms with E-state index in [9.17, 15) is 23.1 Å². The first-order valence-corrected chi connectivity index (χ1v) is 8.14. The average molecular weight is 356 g/mol. The van der Waals surface area contributed by atoms with Crippen LogP contribution in [0.3, 0.4) is 0 Å². The number of nitrogens with zero attached hydrogens (tertiary/aromatic N) is 2. The summed E-state index contributed by atoms with van der Waals surface area (Å²) in [6.45, 7) is 0. The van der Waals surface area contributed by atoms with E-state index in [1.54, 1.807) is 6.07 Å². The number of fused-ring (bicyclic) bond motifs is 1. The van der Waals surface area contributed by atoms with E-state index in [4.69, 9.17) is 4.74 Å². The summed E-state index contributed by atoms with van der Waals surface area (Å²) in [6.07, 6.45) is -2.47. The topological polar surface area (TPSA) is 62.1 Å². The first-order valence-electron chi connectivity index (χ1n) is 8.14. The zero-order valence-electron chi connectivity index (χ0n) is 13.7. The second-order valence-electron chi connectivity index (χ2n) is 6.32. The number of hydrogen-bond acceptors (Lipinski definition) is 4. The molecule has 1 fully saturated rings. The van der Waals surface area contributed by atoms with Crippen molar-refractivity contribution in [1.82, 2.24) is 5.01 Å². The smallest absolute Gasteiger partial charge is 0.439 e. The van der Waals surface area contributed by atoms with Gasteiger partial charge in [0.1, 0.15) is 5.75 Å². The minimum atomic E-state index is -5.01. The number of methoxy groups -OCH3 is 1. The average Bonchev–Trinajstić information content (AvgIpc) is 2.74. The van der Waals surface area contributed by atoms with E-state index in [1.165, 1.54) is 25.3 Å². The molecule has 136 valence electrons. The molecule has 2 atom stereocenters. The molecule has 0 radical (unpaired) electrons. The van der Waals surface area contributed by atoms with Crippen LogP contribution >= 0.6 is 0 Å². The van der Waals surface area contributed by atoms with Gasteiger partial charge in [0.15, 0.2) is 0 Å². The number of amides is 1. The van der Waals surface area contributed by atoms with Crippen molar-refractivity contribution < 1.29 is 27.8 Å². The van der Waals surface area contributed by atoms with Gasteiger partial charge in [0.2, 0.25) is 0 Å². The molecule has 0 spiro atoms. The molecule has 0 aromatic heterocycles. The molecule has 1 aromatic rings. The number of alkyl halides is 3. The van der Waals surface area contributed by atoms with Crippen molar-refractivity contribution in [3.63, 3.8) is 0 Å². The fourth-order valence-corrected chi connectivity index (χ4v) is 3.47. The Balaban J connectivity index is 2.04. The lowest BCUT2D eigenvalue weighted by molar-refractivity contribution is -0.312. The number of hydrogen-bond donors (Lipinski definition) is 1. The van der Waals surface area contributed by atoms with Crippen LogP contribution in [0, 0.1) is 5.92 Å². The summed E-state index contributed by atoms with van der Waals surface area (Å²) >= 11 is 0. The van der Waals surface area contributed by atoms with Gasteiger partial charge in [0.05, 0.1) is 13.0 Å². The highest BCUT2D eigenvalue weighted by molar-refractivity contribution is 5.99. The third kappa shape index (κ3) is 2.88. The highest BCUT2D eigenvalue weighted by Crippen LogP contribution is 2.48. The maximum atomic E-state index is 13.8. The number of carbonyl (C=O) groups excluding carboxylic acids is 1. The molecule has 1 aromatic carbocycles. The Labute approximate surface area is 143 Å². The lowest BCUT2D eigenvalue weighted by atomic mass is 9.87. The summed E-state index contributed by atoms with van der Waals surface area (Å²) in [5, 5.41) is 14.7. The fraction of sp³-hybridized carbons (Fsp3) is 0.529. The zero-order chi connectivity index (χ0) is 18.2. The van der Waals surface area contributed by atoms with E-state index in [2.05, 4.69) is 5.10 Å². The number of hydrazone groups is 1. The minimum Gasteiger partial charge on any atom is -0.497 e. The molecule has 1 heterocycles. The van der Waals surface area contributed by atoms with E-state index < -0.39 is 23.7 Å². The molecule has 1 N–H and O–H groups in total. The molecule has 1 aliphatic heterocycles. The number of halogens is 3. The molecule has 1 saturated carbocycles. The van der Waals surface area contributed by atoms with Crippen molar-refractivity contribution in [2.45, 2.75) is 44.0 Å². The van der Waals surface area contributed by atoms with E-state index >= 15 is 0 Å². The molecule has 0 bridgehead atoms. The van der Waals surface area contributed by atoms with E-state index in [-0.39, 0.29) is 22.7 Å². The van der Waals surface area contributed by atoms with Crippen LogP contribution in [0.15, 0.2) is 29.4 Å². The lowest BCUT2D eigenvalue weighted by Crippen LogP contribution is -2.61. The number of aliphatic hydroxyl groups is 1. The van der Waals surface area contributed by atoms with Gasteiger partial charge in [0, 0.05) is 11.3 Å². The fourth-order valence-electron chi connectivity index (χ4n) is 3.47. The Morgan fingerprint density at radius 1 is 1.36 bits per heavy atom. The number of rotatable bonds is 2. The van der Waals surface area contributed by atoms with Crippen molar-refractivity contribution in [3.05, 3.63) is 29.8 Å². The van der Waals surface area contributed by atoms with Gasteiger partial charge in [-0.2, -0.15) is 23.3 Å². The van der Waals surface area contributed by atoms with Crippen molar-refractivity contribution >= 4 is 11.6 Å². The van der Waals surface area contributed by atoms with Gasteiger partial charge in [-0.15, -0.1) is 0 Å². The van der Waals surface area contributed by atoms with Gasteiger partial charge < -0.3 is 9.84 Å². The molecule has 5 nitrogen and oxygen atoms in total. The molecular weight excluding hydrogens is 337 g/mol. The Bertz CT molecular complexity index is 705. The first kappa shape index (κ1) is 17.7. The molecule has 2 aliphatic rings. The van der Waals surface area contributed by atoms with Gasteiger partial charge in [-0.25, -0.2) is 0 Å². The lowest BCUT2D eigenvalue weighted by Gasteiger charge is -2.37. The molecule has 3 rings (SSSR count). The largest absolute Gasteiger partial charge is 0.497 e. The molecule has 25 heavy (non-hydrogen) atoms. The highest BCUT2D eigenvalue weighted by Gasteiger charge is 2.68. The van der Waals surface area contributed by atoms with Crippen molar-refractivity contribution in [1.29, 1.82) is 0 Å². The van der Waals surface area contributed by atoms with Crippen LogP contribution < -0.4 is 4.74 Å². The van der Waals surface area contributed by atoms with Crippen LogP contribution in [-0.2, 0) is 0 Å². The van der Waals surface area contributed by atoms with Crippen molar-refractivity contribution in [3.8, 4) is 5.75 Å². The molecular formula is C17H19F3N2O3. The zero-order valence-corrected chi connectivity index (χ0v) is 13.7. The summed E-state index contributed by atoms with van der Waals surface area (Å²) in [7, 11) is 1.39. The first-order chi connectivity index (χ1) is 11.8. The normalized spacial score (nSPS) is 26.7. The maximum Gasteiger partial charge on any atom is 0.439 e. The Hall–Kier alpha value is -2.09. The molecule has 1 aliphatic carbocycles. The predicted molar refractivity (Wildman–Crippen MR) is 84.2 cm³/mol. The van der Waals surface area contributed by atoms with E-state index in [0.717, 1.165) is 6.42 Å². The van der Waals surface area contributed by atoms with Gasteiger partial charge >= 0.3 is 6.18 Å². The molecule has 1 amide bonds. The monoisotopic (exact) mass is 356 g/mol. The summed E-state index contributed by atoms with van der Waals surface area (Å²) in [5.74, 6) is -1.88. The van der Waals surface area contributed by atoms with Crippen molar-refractivity contribution in [2.24, 2.45) is 11.0 Å². The molecule has 8 heteroatoms. The van der Waals surface area contributed by atoms with Crippen LogP contribution in [0.4, 0.5) is 13.2 Å². The van der Waals surface area contributed by atoms with Crippen LogP contribution in [0.5, 0.6) is 5.75 Å². The van der Waals surface area contributed by atoms with Gasteiger partial charge in [-0.3, -0.25) is 4.79 Å². The summed E-state index contributed by atoms with van der Waals surface area (Å²) < 4.78 is 46.3. The van der Waals surface area contributed by atoms with E-state index in [1.807, 2.05) is 0 Å². The number of benzene rings is 1. The van der Waals surface area contributed by atoms with Crippen LogP contribution in [0.2, 0.25) is 0 Å². The van der Waals surface area contributed by atoms with Gasteiger partial charge in [0.25, 0.3) is 11.6 Å². The van der Waals surface area contributed by atoms with Crippen LogP contribution in [0.25, 0.3) is 0 Å². The maximum absolute atomic E-state index is 13.8. The third-order valence-corrected chi connectivity index (χ3v) is 4.79. The quantitative estimate of drug-likeness (QED) is 0.884. The van der Waals surface area contributed by atoms with Crippen LogP contribution in [0.1, 0.15) is 42.5 Å². The minimum absolute atomic E-state index is 0.0252. The predicted octanol–water partition coefficient (Wildman–Crippen LogP) is 3.34. The third-order valence-electron chi connectivity index (χ3n) is 4.79. The Kier molecular flexibility index (Phi) is 4.49. The number of ether oxygens (including phenoxy) is 1. The second kappa shape index (κ2) is 6.33. The molecule has 2 unspecified atom stereocenters. The van der Waals surface area contributed by atoms with Crippen LogP contribution in [-0.4, -0.2) is 40.7 Å². The van der Waals surface area contributed by atoms with E-state index in [0.29, 0.717) is 25.0 Å². The SMILES string of the molecule is COc1cccc(C(=O)N2N=C3CCCCCC3C2(O)C(F)(F)F)c1. The standard InChI is InChI=1S/C17H19F3N2O3/c1-25-12-7-5-6-11(10-12)15(23)22-16(24,17(18,19)20)13-8-3-2-4-9-14(13)21-22/h5-7,10,13,24H,2-4,8-9H2,1H3. The summed E-state index contributed by atoms with van der Waals surface area (Å²) in [5.41, 5.74) is -3.09. The summed E-state index contributed by atoms with van der Waals surface area (Å²) in [4.78, 5) is 12.7. The Morgan fingerprint density at radius 3 is 2.80 bits per heavy atom. The van der Waals surface area contributed by atoms with Gasteiger partial charge in [-0.05, 0) is 37.5 Å². The molecule has 0 saturated heterocycles. The Morgan fingerprint density at radius 2 is 2.12 bits per heavy atom.